The van der Waals surface area contributed by atoms with E-state index in [1.54, 1.807) is 0 Å². The van der Waals surface area contributed by atoms with Crippen LogP contribution in [0.5, 0.6) is 11.5 Å². The molecule has 174 valence electrons. The average molecular weight is 506 g/mol. The van der Waals surface area contributed by atoms with Crippen molar-refractivity contribution in [2.75, 3.05) is 12.0 Å². The summed E-state index contributed by atoms with van der Waals surface area (Å²) in [6.07, 6.45) is 0. The van der Waals surface area contributed by atoms with Crippen LogP contribution in [0.2, 0.25) is 10.0 Å². The Labute approximate surface area is 202 Å². The first kappa shape index (κ1) is 23.5. The molecule has 0 radical (unpaired) electrons. The number of rotatable bonds is 4. The number of phenols is 1. The molecule has 3 aromatic rings. The van der Waals surface area contributed by atoms with Crippen molar-refractivity contribution < 1.29 is 33.3 Å². The number of nitrogens with zero attached hydrogens (tertiary/aromatic N) is 1. The van der Waals surface area contributed by atoms with Crippen LogP contribution in [0, 0.1) is 11.6 Å². The van der Waals surface area contributed by atoms with Gasteiger partial charge < -0.3 is 14.9 Å². The number of carbonyl (C=O) groups excluding carboxylic acids is 2. The highest BCUT2D eigenvalue weighted by Gasteiger charge is 2.47. The lowest BCUT2D eigenvalue weighted by molar-refractivity contribution is -0.132. The van der Waals surface area contributed by atoms with Crippen LogP contribution in [0.3, 0.4) is 0 Å². The first-order valence-corrected chi connectivity index (χ1v) is 10.5. The second-order valence-electron chi connectivity index (χ2n) is 7.33. The Hall–Kier alpha value is -3.62. The molecule has 1 aliphatic heterocycles. The predicted octanol–water partition coefficient (Wildman–Crippen LogP) is 5.61. The van der Waals surface area contributed by atoms with Gasteiger partial charge in [-0.15, -0.1) is 0 Å². The van der Waals surface area contributed by atoms with E-state index in [-0.39, 0.29) is 38.2 Å². The summed E-state index contributed by atoms with van der Waals surface area (Å²) in [6.45, 7) is 0. The third-order valence-electron chi connectivity index (χ3n) is 5.34. The maximum Gasteiger partial charge on any atom is 0.300 e. The lowest BCUT2D eigenvalue weighted by atomic mass is 9.95. The number of Topliss-reactive ketones (excluding diaryl/α,β-unsaturated/α-hetero) is 1. The molecule has 0 aromatic heterocycles. The topological polar surface area (TPSA) is 87.1 Å². The molecule has 0 saturated carbocycles. The number of aromatic hydroxyl groups is 1. The lowest BCUT2D eigenvalue weighted by Gasteiger charge is -2.25. The van der Waals surface area contributed by atoms with Gasteiger partial charge in [-0.2, -0.15) is 0 Å². The number of halogens is 4. The molecule has 34 heavy (non-hydrogen) atoms. The number of phenolic OH excluding ortho intramolecular Hbond substituents is 1. The van der Waals surface area contributed by atoms with Gasteiger partial charge in [0, 0.05) is 17.3 Å². The Balaban J connectivity index is 1.97. The number of benzene rings is 3. The molecule has 2 N–H and O–H groups in total. The van der Waals surface area contributed by atoms with Crippen molar-refractivity contribution in [3.8, 4) is 11.5 Å². The maximum atomic E-state index is 14.0. The number of anilines is 1. The highest BCUT2D eigenvalue weighted by atomic mass is 35.5. The second-order valence-corrected chi connectivity index (χ2v) is 8.14. The smallest absolute Gasteiger partial charge is 0.300 e. The number of aliphatic hydroxyl groups excluding tert-OH is 1. The fourth-order valence-corrected chi connectivity index (χ4v) is 4.16. The molecule has 1 heterocycles. The summed E-state index contributed by atoms with van der Waals surface area (Å²) < 4.78 is 32.6. The van der Waals surface area contributed by atoms with E-state index in [2.05, 4.69) is 0 Å². The summed E-state index contributed by atoms with van der Waals surface area (Å²) in [5, 5.41) is 21.0. The highest BCUT2D eigenvalue weighted by molar-refractivity contribution is 6.51. The van der Waals surface area contributed by atoms with Gasteiger partial charge in [0.05, 0.1) is 28.8 Å². The molecule has 6 nitrogen and oxygen atoms in total. The van der Waals surface area contributed by atoms with Crippen LogP contribution < -0.4 is 9.64 Å². The summed E-state index contributed by atoms with van der Waals surface area (Å²) in [7, 11) is 1.41. The van der Waals surface area contributed by atoms with Crippen molar-refractivity contribution in [1.82, 2.24) is 0 Å². The van der Waals surface area contributed by atoms with Crippen LogP contribution in [0.15, 0.2) is 60.2 Å². The van der Waals surface area contributed by atoms with Gasteiger partial charge in [-0.3, -0.25) is 14.5 Å². The molecule has 0 aliphatic carbocycles. The van der Waals surface area contributed by atoms with E-state index in [1.807, 2.05) is 0 Å². The SMILES string of the molecule is COc1ccc(/C(O)=C2\C(=O)C(=O)N(c3ccc(F)c(F)c3)C2c2ccc(O)c(Cl)c2)cc1Cl. The highest BCUT2D eigenvalue weighted by Crippen LogP contribution is 2.44. The summed E-state index contributed by atoms with van der Waals surface area (Å²) in [5.41, 5.74) is -0.114. The van der Waals surface area contributed by atoms with Crippen molar-refractivity contribution in [2.24, 2.45) is 0 Å². The fourth-order valence-electron chi connectivity index (χ4n) is 3.71. The Morgan fingerprint density at radius 2 is 1.71 bits per heavy atom. The predicted molar refractivity (Wildman–Crippen MR) is 122 cm³/mol. The van der Waals surface area contributed by atoms with Crippen LogP contribution in [0.25, 0.3) is 5.76 Å². The molecule has 4 rings (SSSR count). The Kier molecular flexibility index (Phi) is 6.20. The Morgan fingerprint density at radius 3 is 2.32 bits per heavy atom. The number of aliphatic hydroxyl groups is 1. The van der Waals surface area contributed by atoms with E-state index in [4.69, 9.17) is 27.9 Å². The van der Waals surface area contributed by atoms with E-state index in [0.29, 0.717) is 5.75 Å². The third-order valence-corrected chi connectivity index (χ3v) is 5.94. The van der Waals surface area contributed by atoms with Gasteiger partial charge >= 0.3 is 0 Å². The number of ether oxygens (including phenoxy) is 1. The van der Waals surface area contributed by atoms with Crippen molar-refractivity contribution in [3.63, 3.8) is 0 Å². The van der Waals surface area contributed by atoms with E-state index in [1.165, 1.54) is 43.5 Å². The Bertz CT molecular complexity index is 1380. The minimum Gasteiger partial charge on any atom is -0.507 e. The molecular weight excluding hydrogens is 491 g/mol. The van der Waals surface area contributed by atoms with Crippen molar-refractivity contribution >= 4 is 46.3 Å². The lowest BCUT2D eigenvalue weighted by Crippen LogP contribution is -2.29. The van der Waals surface area contributed by atoms with Crippen LogP contribution in [-0.4, -0.2) is 29.0 Å². The molecule has 3 aromatic carbocycles. The standard InChI is InChI=1S/C24H15Cl2F2NO5/c1-34-19-7-3-12(9-15(19)26)22(31)20-21(11-2-6-18(30)14(25)8-11)29(24(33)23(20)32)13-4-5-16(27)17(28)10-13/h2-10,21,30-31H,1H3/b22-20+. The van der Waals surface area contributed by atoms with Gasteiger partial charge in [0.25, 0.3) is 11.7 Å². The molecule has 1 fully saturated rings. The van der Waals surface area contributed by atoms with Crippen molar-refractivity contribution in [1.29, 1.82) is 0 Å². The van der Waals surface area contributed by atoms with E-state index in [0.717, 1.165) is 23.1 Å². The summed E-state index contributed by atoms with van der Waals surface area (Å²) in [5.74, 6) is -5.01. The minimum atomic E-state index is -1.27. The number of ketones is 1. The third kappa shape index (κ3) is 3.95. The molecule has 1 aliphatic rings. The van der Waals surface area contributed by atoms with Crippen LogP contribution in [0.1, 0.15) is 17.2 Å². The molecule has 1 saturated heterocycles. The first-order chi connectivity index (χ1) is 16.1. The number of hydrogen-bond donors (Lipinski definition) is 2. The Morgan fingerprint density at radius 1 is 0.971 bits per heavy atom. The van der Waals surface area contributed by atoms with E-state index >= 15 is 0 Å². The normalized spacial score (nSPS) is 17.3. The molecule has 1 amide bonds. The van der Waals surface area contributed by atoms with Gasteiger partial charge in [-0.1, -0.05) is 29.3 Å². The van der Waals surface area contributed by atoms with Crippen molar-refractivity contribution in [2.45, 2.75) is 6.04 Å². The maximum absolute atomic E-state index is 14.0. The largest absolute Gasteiger partial charge is 0.507 e. The molecule has 0 spiro atoms. The summed E-state index contributed by atoms with van der Waals surface area (Å²) >= 11 is 12.2. The summed E-state index contributed by atoms with van der Waals surface area (Å²) in [4.78, 5) is 27.0. The zero-order chi connectivity index (χ0) is 24.7. The zero-order valence-electron chi connectivity index (χ0n) is 17.4. The number of carbonyl (C=O) groups is 2. The first-order valence-electron chi connectivity index (χ1n) is 9.72. The van der Waals surface area contributed by atoms with E-state index < -0.39 is 35.1 Å². The van der Waals surface area contributed by atoms with Crippen LogP contribution in [-0.2, 0) is 9.59 Å². The number of methoxy groups -OCH3 is 1. The molecule has 1 atom stereocenters. The van der Waals surface area contributed by atoms with Gasteiger partial charge in [0.1, 0.15) is 17.3 Å². The van der Waals surface area contributed by atoms with Gasteiger partial charge in [0.2, 0.25) is 0 Å². The molecular formula is C24H15Cl2F2NO5. The van der Waals surface area contributed by atoms with Gasteiger partial charge in [-0.05, 0) is 48.0 Å². The second kappa shape index (κ2) is 8.96. The zero-order valence-corrected chi connectivity index (χ0v) is 18.9. The van der Waals surface area contributed by atoms with Gasteiger partial charge in [0.15, 0.2) is 11.6 Å². The fraction of sp³-hybridized carbons (Fsp3) is 0.0833. The van der Waals surface area contributed by atoms with Gasteiger partial charge in [-0.25, -0.2) is 8.78 Å². The number of hydrogen-bond acceptors (Lipinski definition) is 5. The molecule has 1 unspecified atom stereocenters. The van der Waals surface area contributed by atoms with Crippen LogP contribution >= 0.6 is 23.2 Å². The quantitative estimate of drug-likeness (QED) is 0.273. The molecule has 0 bridgehead atoms. The van der Waals surface area contributed by atoms with E-state index in [9.17, 15) is 28.6 Å². The monoisotopic (exact) mass is 505 g/mol. The number of amides is 1. The minimum absolute atomic E-state index is 0.0825. The van der Waals surface area contributed by atoms with Crippen molar-refractivity contribution in [3.05, 3.63) is 93.0 Å². The average Bonchev–Trinajstić information content (AvgIpc) is 3.07. The molecule has 10 heteroatoms. The summed E-state index contributed by atoms with van der Waals surface area (Å²) in [6, 6.07) is 9.61. The van der Waals surface area contributed by atoms with Crippen LogP contribution in [0.4, 0.5) is 14.5 Å².